The third-order valence-corrected chi connectivity index (χ3v) is 8.77. The maximum absolute atomic E-state index is 12.3. The molecule has 0 aliphatic carbocycles. The molecule has 0 radical (unpaired) electrons. The van der Waals surface area contributed by atoms with Crippen molar-refractivity contribution >= 4 is 5.91 Å². The molecule has 46 heavy (non-hydrogen) atoms. The van der Waals surface area contributed by atoms with Crippen LogP contribution in [0, 0.1) is 0 Å². The fourth-order valence-corrected chi connectivity index (χ4v) is 5.70. The number of aliphatic hydroxyl groups is 2. The molecule has 4 nitrogen and oxygen atoms in total. The Labute approximate surface area is 286 Å². The van der Waals surface area contributed by atoms with Gasteiger partial charge in [0.25, 0.3) is 0 Å². The summed E-state index contributed by atoms with van der Waals surface area (Å²) in [5.74, 6) is -0.0905. The predicted octanol–water partition coefficient (Wildman–Crippen LogP) is 12.0. The van der Waals surface area contributed by atoms with Crippen molar-refractivity contribution in [1.82, 2.24) is 5.32 Å². The molecule has 2 unspecified atom stereocenters. The average Bonchev–Trinajstić information content (AvgIpc) is 3.06. The van der Waals surface area contributed by atoms with Gasteiger partial charge >= 0.3 is 0 Å². The van der Waals surface area contributed by atoms with Crippen LogP contribution in [0.3, 0.4) is 0 Å². The molecule has 0 spiro atoms. The molecule has 268 valence electrons. The number of hydrogen-bond acceptors (Lipinski definition) is 3. The fraction of sp³-hybridized carbons (Fsp3) is 0.786. The topological polar surface area (TPSA) is 69.6 Å². The van der Waals surface area contributed by atoms with Gasteiger partial charge in [0, 0.05) is 6.42 Å². The van der Waals surface area contributed by atoms with Crippen LogP contribution in [0.4, 0.5) is 0 Å². The highest BCUT2D eigenvalue weighted by Crippen LogP contribution is 2.14. The zero-order valence-electron chi connectivity index (χ0n) is 30.6. The van der Waals surface area contributed by atoms with Gasteiger partial charge in [0.1, 0.15) is 0 Å². The van der Waals surface area contributed by atoms with E-state index in [1.54, 1.807) is 6.08 Å². The van der Waals surface area contributed by atoms with Crippen LogP contribution in [0.5, 0.6) is 0 Å². The first-order valence-electron chi connectivity index (χ1n) is 19.9. The van der Waals surface area contributed by atoms with Gasteiger partial charge in [-0.3, -0.25) is 4.79 Å². The number of amides is 1. The molecule has 0 fully saturated rings. The first-order chi connectivity index (χ1) is 22.7. The molecule has 2 atom stereocenters. The molecule has 0 aliphatic rings. The standard InChI is InChI=1S/C42H77NO3/c1-3-5-7-9-11-13-15-17-18-19-20-21-22-23-24-26-27-29-31-33-35-37-41(45)40(39-44)43-42(46)38-36-34-32-30-28-25-16-14-12-10-8-6-4-2/h8,10,14,16,27,29,35,37,40-41,44-45H,3-7,9,11-13,15,17-26,28,30-34,36,38-39H2,1-2H3,(H,43,46)/b10-8-,16-14-,29-27+,37-35+. The molecule has 0 rings (SSSR count). The first kappa shape index (κ1) is 44.4. The Morgan fingerprint density at radius 2 is 0.957 bits per heavy atom. The molecule has 0 heterocycles. The van der Waals surface area contributed by atoms with Gasteiger partial charge in [-0.1, -0.05) is 178 Å². The molecule has 0 aromatic carbocycles. The van der Waals surface area contributed by atoms with E-state index in [4.69, 9.17) is 0 Å². The number of aliphatic hydroxyl groups excluding tert-OH is 2. The highest BCUT2D eigenvalue weighted by atomic mass is 16.3. The normalized spacial score (nSPS) is 13.6. The number of unbranched alkanes of at least 4 members (excludes halogenated alkanes) is 22. The summed E-state index contributed by atoms with van der Waals surface area (Å²) in [6, 6.07) is -0.645. The molecule has 0 saturated heterocycles. The smallest absolute Gasteiger partial charge is 0.220 e. The summed E-state index contributed by atoms with van der Waals surface area (Å²) < 4.78 is 0. The Balaban J connectivity index is 3.65. The second kappa shape index (κ2) is 37.8. The van der Waals surface area contributed by atoms with E-state index in [0.29, 0.717) is 6.42 Å². The lowest BCUT2D eigenvalue weighted by atomic mass is 10.0. The Bertz CT molecular complexity index is 741. The van der Waals surface area contributed by atoms with Crippen molar-refractivity contribution in [2.75, 3.05) is 6.61 Å². The number of allylic oxidation sites excluding steroid dienone is 7. The Morgan fingerprint density at radius 1 is 0.522 bits per heavy atom. The van der Waals surface area contributed by atoms with Gasteiger partial charge in [-0.2, -0.15) is 0 Å². The molecular weight excluding hydrogens is 566 g/mol. The van der Waals surface area contributed by atoms with Gasteiger partial charge < -0.3 is 15.5 Å². The minimum Gasteiger partial charge on any atom is -0.394 e. The molecule has 0 bridgehead atoms. The Morgan fingerprint density at radius 3 is 1.48 bits per heavy atom. The predicted molar refractivity (Wildman–Crippen MR) is 202 cm³/mol. The van der Waals surface area contributed by atoms with Crippen molar-refractivity contribution in [3.8, 4) is 0 Å². The van der Waals surface area contributed by atoms with Crippen molar-refractivity contribution in [1.29, 1.82) is 0 Å². The third kappa shape index (κ3) is 33.7. The lowest BCUT2D eigenvalue weighted by Gasteiger charge is -2.19. The van der Waals surface area contributed by atoms with Crippen molar-refractivity contribution in [3.63, 3.8) is 0 Å². The van der Waals surface area contributed by atoms with Gasteiger partial charge in [0.15, 0.2) is 0 Å². The van der Waals surface area contributed by atoms with Crippen molar-refractivity contribution in [3.05, 3.63) is 48.6 Å². The zero-order valence-corrected chi connectivity index (χ0v) is 30.6. The number of rotatable bonds is 35. The van der Waals surface area contributed by atoms with Crippen LogP contribution < -0.4 is 5.32 Å². The lowest BCUT2D eigenvalue weighted by molar-refractivity contribution is -0.123. The Hall–Kier alpha value is -1.65. The second-order valence-corrected chi connectivity index (χ2v) is 13.3. The molecule has 4 heteroatoms. The van der Waals surface area contributed by atoms with Crippen molar-refractivity contribution < 1.29 is 15.0 Å². The fourth-order valence-electron chi connectivity index (χ4n) is 5.70. The van der Waals surface area contributed by atoms with Gasteiger partial charge in [-0.25, -0.2) is 0 Å². The molecule has 0 aromatic heterocycles. The summed E-state index contributed by atoms with van der Waals surface area (Å²) in [5, 5.41) is 22.9. The van der Waals surface area contributed by atoms with E-state index in [9.17, 15) is 15.0 Å². The largest absolute Gasteiger partial charge is 0.394 e. The molecular formula is C42H77NO3. The van der Waals surface area contributed by atoms with E-state index < -0.39 is 12.1 Å². The van der Waals surface area contributed by atoms with E-state index >= 15 is 0 Å². The van der Waals surface area contributed by atoms with Crippen LogP contribution in [0.2, 0.25) is 0 Å². The summed E-state index contributed by atoms with van der Waals surface area (Å²) in [7, 11) is 0. The number of carbonyl (C=O) groups is 1. The summed E-state index contributed by atoms with van der Waals surface area (Å²) in [6.45, 7) is 4.22. The zero-order chi connectivity index (χ0) is 33.6. The van der Waals surface area contributed by atoms with Gasteiger partial charge in [-0.05, 0) is 57.8 Å². The number of nitrogens with one attached hydrogen (secondary N) is 1. The van der Waals surface area contributed by atoms with Crippen LogP contribution in [0.1, 0.15) is 194 Å². The summed E-state index contributed by atoms with van der Waals surface area (Å²) in [6.07, 6.45) is 50.7. The number of hydrogen-bond donors (Lipinski definition) is 3. The van der Waals surface area contributed by atoms with E-state index in [1.807, 2.05) is 6.08 Å². The molecule has 3 N–H and O–H groups in total. The van der Waals surface area contributed by atoms with Crippen LogP contribution in [0.15, 0.2) is 48.6 Å². The Kier molecular flexibility index (Phi) is 36.4. The SMILES string of the molecule is CCC/C=C\C/C=C\CCCCCCCC(=O)NC(CO)C(O)/C=C/CC/C=C/CCCCCCCCCCCCCCCCC. The average molecular weight is 644 g/mol. The summed E-state index contributed by atoms with van der Waals surface area (Å²) in [4.78, 5) is 12.3. The van der Waals surface area contributed by atoms with Gasteiger partial charge in [0.2, 0.25) is 5.91 Å². The minimum absolute atomic E-state index is 0.0905. The van der Waals surface area contributed by atoms with Gasteiger partial charge in [-0.15, -0.1) is 0 Å². The molecule has 0 saturated carbocycles. The molecule has 1 amide bonds. The van der Waals surface area contributed by atoms with Crippen LogP contribution in [-0.2, 0) is 4.79 Å². The second-order valence-electron chi connectivity index (χ2n) is 13.3. The van der Waals surface area contributed by atoms with Gasteiger partial charge in [0.05, 0.1) is 18.8 Å². The summed E-state index contributed by atoms with van der Waals surface area (Å²) in [5.41, 5.74) is 0. The van der Waals surface area contributed by atoms with Crippen LogP contribution in [0.25, 0.3) is 0 Å². The van der Waals surface area contributed by atoms with E-state index in [-0.39, 0.29) is 12.5 Å². The van der Waals surface area contributed by atoms with E-state index in [2.05, 4.69) is 55.6 Å². The molecule has 0 aliphatic heterocycles. The lowest BCUT2D eigenvalue weighted by Crippen LogP contribution is -2.45. The van der Waals surface area contributed by atoms with Crippen LogP contribution in [-0.4, -0.2) is 34.9 Å². The first-order valence-corrected chi connectivity index (χ1v) is 19.9. The van der Waals surface area contributed by atoms with E-state index in [0.717, 1.165) is 51.4 Å². The maximum Gasteiger partial charge on any atom is 0.220 e. The summed E-state index contributed by atoms with van der Waals surface area (Å²) >= 11 is 0. The molecule has 0 aromatic rings. The van der Waals surface area contributed by atoms with Crippen molar-refractivity contribution in [2.45, 2.75) is 206 Å². The van der Waals surface area contributed by atoms with Crippen LogP contribution >= 0.6 is 0 Å². The highest BCUT2D eigenvalue weighted by molar-refractivity contribution is 5.76. The number of carbonyl (C=O) groups excluding carboxylic acids is 1. The van der Waals surface area contributed by atoms with Crippen molar-refractivity contribution in [2.24, 2.45) is 0 Å². The van der Waals surface area contributed by atoms with E-state index in [1.165, 1.54) is 122 Å². The highest BCUT2D eigenvalue weighted by Gasteiger charge is 2.17. The third-order valence-electron chi connectivity index (χ3n) is 8.77. The monoisotopic (exact) mass is 644 g/mol. The minimum atomic E-state index is -0.867. The maximum atomic E-state index is 12.3. The quantitative estimate of drug-likeness (QED) is 0.0475.